The third kappa shape index (κ3) is 5.13. The number of aromatic nitrogens is 1. The van der Waals surface area contributed by atoms with Crippen LogP contribution in [0.25, 0.3) is 11.1 Å². The van der Waals surface area contributed by atoms with Crippen LogP contribution < -0.4 is 9.64 Å². The third-order valence-electron chi connectivity index (χ3n) is 8.35. The van der Waals surface area contributed by atoms with Crippen molar-refractivity contribution in [1.29, 1.82) is 0 Å². The van der Waals surface area contributed by atoms with E-state index in [0.717, 1.165) is 60.0 Å². The summed E-state index contributed by atoms with van der Waals surface area (Å²) in [6.45, 7) is 8.55. The Morgan fingerprint density at radius 2 is 1.46 bits per heavy atom. The van der Waals surface area contributed by atoms with Crippen LogP contribution in [0, 0.1) is 0 Å². The zero-order valence-electron chi connectivity index (χ0n) is 23.9. The van der Waals surface area contributed by atoms with Crippen molar-refractivity contribution in [3.63, 3.8) is 0 Å². The van der Waals surface area contributed by atoms with Gasteiger partial charge in [-0.25, -0.2) is 0 Å². The number of carbonyl (C=O) groups is 2. The molecule has 1 aromatic heterocycles. The molecule has 7 nitrogen and oxygen atoms in total. The maximum Gasteiger partial charge on any atom is 0.270 e. The highest BCUT2D eigenvalue weighted by molar-refractivity contribution is 6.07. The van der Waals surface area contributed by atoms with Crippen LogP contribution in [0.4, 0.5) is 5.69 Å². The molecule has 4 aromatic rings. The van der Waals surface area contributed by atoms with Crippen LogP contribution in [-0.2, 0) is 13.1 Å². The summed E-state index contributed by atoms with van der Waals surface area (Å²) in [5, 5.41) is 0. The SMILES string of the molecule is COc1ccccc1-c1ccc(C(=O)N2Cc3ccc(C(=O)N4CCN(C(C)C)CC4)n3Cc3ccccc32)cc1. The summed E-state index contributed by atoms with van der Waals surface area (Å²) in [4.78, 5) is 33.8. The van der Waals surface area contributed by atoms with E-state index in [1.807, 2.05) is 94.7 Å². The maximum absolute atomic E-state index is 14.0. The molecule has 0 radical (unpaired) electrons. The molecule has 1 fully saturated rings. The van der Waals surface area contributed by atoms with Crippen LogP contribution in [-0.4, -0.2) is 65.5 Å². The topological polar surface area (TPSA) is 58.0 Å². The molecule has 7 heteroatoms. The predicted octanol–water partition coefficient (Wildman–Crippen LogP) is 5.54. The molecular weight excluding hydrogens is 512 g/mol. The molecule has 0 atom stereocenters. The Labute approximate surface area is 241 Å². The van der Waals surface area contributed by atoms with Gasteiger partial charge in [-0.1, -0.05) is 48.5 Å². The van der Waals surface area contributed by atoms with Crippen molar-refractivity contribution in [2.24, 2.45) is 0 Å². The molecule has 0 unspecified atom stereocenters. The van der Waals surface area contributed by atoms with Gasteiger partial charge in [0.1, 0.15) is 11.4 Å². The highest BCUT2D eigenvalue weighted by Gasteiger charge is 2.30. The molecule has 0 bridgehead atoms. The number of benzene rings is 3. The quantitative estimate of drug-likeness (QED) is 0.329. The first kappa shape index (κ1) is 26.8. The van der Waals surface area contributed by atoms with Gasteiger partial charge in [0.2, 0.25) is 0 Å². The van der Waals surface area contributed by atoms with Gasteiger partial charge >= 0.3 is 0 Å². The summed E-state index contributed by atoms with van der Waals surface area (Å²) >= 11 is 0. The number of nitrogens with zero attached hydrogens (tertiary/aromatic N) is 4. The summed E-state index contributed by atoms with van der Waals surface area (Å²) in [5.41, 5.74) is 6.10. The van der Waals surface area contributed by atoms with Crippen molar-refractivity contribution in [2.45, 2.75) is 33.0 Å². The zero-order valence-corrected chi connectivity index (χ0v) is 23.9. The second-order valence-electron chi connectivity index (χ2n) is 11.0. The Morgan fingerprint density at radius 3 is 2.20 bits per heavy atom. The lowest BCUT2D eigenvalue weighted by molar-refractivity contribution is 0.0585. The van der Waals surface area contributed by atoms with Gasteiger partial charge in [0, 0.05) is 54.7 Å². The Kier molecular flexibility index (Phi) is 7.37. The van der Waals surface area contributed by atoms with Crippen molar-refractivity contribution in [3.8, 4) is 16.9 Å². The fourth-order valence-corrected chi connectivity index (χ4v) is 5.96. The Hall–Kier alpha value is -4.36. The predicted molar refractivity (Wildman–Crippen MR) is 162 cm³/mol. The van der Waals surface area contributed by atoms with Crippen molar-refractivity contribution in [1.82, 2.24) is 14.4 Å². The highest BCUT2D eigenvalue weighted by Crippen LogP contribution is 2.33. The van der Waals surface area contributed by atoms with Crippen LogP contribution in [0.1, 0.15) is 46.0 Å². The van der Waals surface area contributed by atoms with Gasteiger partial charge < -0.3 is 19.1 Å². The van der Waals surface area contributed by atoms with Gasteiger partial charge in [0.05, 0.1) is 20.2 Å². The van der Waals surface area contributed by atoms with Gasteiger partial charge in [0.25, 0.3) is 11.8 Å². The standard InChI is InChI=1S/C34H36N4O3/c1-24(2)35-18-20-36(21-19-35)34(40)31-17-16-28-23-38(30-10-6-4-8-27(30)22-37(28)31)33(39)26-14-12-25(13-15-26)29-9-5-7-11-32(29)41-3/h4-17,24H,18-23H2,1-3H3. The summed E-state index contributed by atoms with van der Waals surface area (Å²) in [6.07, 6.45) is 0. The van der Waals surface area contributed by atoms with Crippen LogP contribution in [0.3, 0.4) is 0 Å². The average Bonchev–Trinajstić information content (AvgIpc) is 3.33. The first-order valence-corrected chi connectivity index (χ1v) is 14.3. The first-order valence-electron chi connectivity index (χ1n) is 14.3. The van der Waals surface area contributed by atoms with Crippen LogP contribution in [0.2, 0.25) is 0 Å². The fourth-order valence-electron chi connectivity index (χ4n) is 5.96. The minimum atomic E-state index is -0.0728. The number of carbonyl (C=O) groups excluding carboxylic acids is 2. The molecule has 2 aliphatic rings. The van der Waals surface area contributed by atoms with Gasteiger partial charge in [-0.05, 0) is 61.4 Å². The van der Waals surface area contributed by atoms with E-state index >= 15 is 0 Å². The maximum atomic E-state index is 14.0. The lowest BCUT2D eigenvalue weighted by Gasteiger charge is -2.37. The zero-order chi connectivity index (χ0) is 28.5. The normalized spacial score (nSPS) is 15.3. The second kappa shape index (κ2) is 11.3. The smallest absolute Gasteiger partial charge is 0.270 e. The molecule has 210 valence electrons. The third-order valence-corrected chi connectivity index (χ3v) is 8.35. The summed E-state index contributed by atoms with van der Waals surface area (Å²) in [5.74, 6) is 0.779. The van der Waals surface area contributed by atoms with E-state index in [1.54, 1.807) is 7.11 Å². The molecule has 2 amide bonds. The van der Waals surface area contributed by atoms with E-state index in [1.165, 1.54) is 0 Å². The van der Waals surface area contributed by atoms with Crippen molar-refractivity contribution >= 4 is 17.5 Å². The minimum absolute atomic E-state index is 0.0591. The van der Waals surface area contributed by atoms with Gasteiger partial charge in [-0.2, -0.15) is 0 Å². The molecule has 0 N–H and O–H groups in total. The van der Waals surface area contributed by atoms with Crippen LogP contribution >= 0.6 is 0 Å². The van der Waals surface area contributed by atoms with E-state index in [9.17, 15) is 9.59 Å². The molecule has 6 rings (SSSR count). The summed E-state index contributed by atoms with van der Waals surface area (Å²) < 4.78 is 7.62. The monoisotopic (exact) mass is 548 g/mol. The number of hydrogen-bond acceptors (Lipinski definition) is 4. The number of hydrogen-bond donors (Lipinski definition) is 0. The van der Waals surface area contributed by atoms with E-state index in [-0.39, 0.29) is 11.8 Å². The van der Waals surface area contributed by atoms with E-state index in [4.69, 9.17) is 4.74 Å². The summed E-state index contributed by atoms with van der Waals surface area (Å²) in [6, 6.07) is 27.9. The van der Waals surface area contributed by atoms with Gasteiger partial charge in [-0.3, -0.25) is 14.5 Å². The van der Waals surface area contributed by atoms with Crippen LogP contribution in [0.15, 0.2) is 84.9 Å². The minimum Gasteiger partial charge on any atom is -0.496 e. The van der Waals surface area contributed by atoms with E-state index < -0.39 is 0 Å². The van der Waals surface area contributed by atoms with Gasteiger partial charge in [0.15, 0.2) is 0 Å². The van der Waals surface area contributed by atoms with E-state index in [2.05, 4.69) is 23.3 Å². The fraction of sp³-hybridized carbons (Fsp3) is 0.294. The second-order valence-corrected chi connectivity index (χ2v) is 11.0. The molecule has 0 saturated carbocycles. The number of fused-ring (bicyclic) bond motifs is 2. The average molecular weight is 549 g/mol. The number of rotatable bonds is 5. The highest BCUT2D eigenvalue weighted by atomic mass is 16.5. The number of piperazine rings is 1. The molecule has 41 heavy (non-hydrogen) atoms. The van der Waals surface area contributed by atoms with Crippen molar-refractivity contribution in [3.05, 3.63) is 107 Å². The molecule has 3 heterocycles. The Bertz CT molecular complexity index is 1570. The number of methoxy groups -OCH3 is 1. The lowest BCUT2D eigenvalue weighted by atomic mass is 10.0. The lowest BCUT2D eigenvalue weighted by Crippen LogP contribution is -2.51. The molecular formula is C34H36N4O3. The van der Waals surface area contributed by atoms with E-state index in [0.29, 0.717) is 30.4 Å². The largest absolute Gasteiger partial charge is 0.496 e. The first-order chi connectivity index (χ1) is 19.9. The number of amides is 2. The Morgan fingerprint density at radius 1 is 0.756 bits per heavy atom. The van der Waals surface area contributed by atoms with Crippen molar-refractivity contribution in [2.75, 3.05) is 38.2 Å². The molecule has 0 aliphatic carbocycles. The van der Waals surface area contributed by atoms with Crippen molar-refractivity contribution < 1.29 is 14.3 Å². The number of para-hydroxylation sites is 2. The molecule has 2 aliphatic heterocycles. The summed E-state index contributed by atoms with van der Waals surface area (Å²) in [7, 11) is 1.66. The van der Waals surface area contributed by atoms with Crippen LogP contribution in [0.5, 0.6) is 5.75 Å². The number of ether oxygens (including phenoxy) is 1. The molecule has 1 saturated heterocycles. The molecule has 3 aromatic carbocycles. The number of anilines is 1. The molecule has 0 spiro atoms. The Balaban J connectivity index is 1.28. The van der Waals surface area contributed by atoms with Gasteiger partial charge in [-0.15, -0.1) is 0 Å².